The van der Waals surface area contributed by atoms with Gasteiger partial charge in [0.2, 0.25) is 17.7 Å². The van der Waals surface area contributed by atoms with Crippen molar-refractivity contribution in [2.75, 3.05) is 30.9 Å². The number of methoxy groups -OCH3 is 1. The number of carbonyl (C=O) groups is 3. The maximum atomic E-state index is 11.7. The van der Waals surface area contributed by atoms with Gasteiger partial charge in [0.15, 0.2) is 0 Å². The number of hydrogen-bond acceptors (Lipinski definition) is 4. The van der Waals surface area contributed by atoms with E-state index in [2.05, 4.69) is 16.0 Å². The van der Waals surface area contributed by atoms with Crippen LogP contribution in [0.3, 0.4) is 0 Å². The van der Waals surface area contributed by atoms with Gasteiger partial charge in [0.1, 0.15) is 6.61 Å². The summed E-state index contributed by atoms with van der Waals surface area (Å²) in [6, 6.07) is 6.79. The van der Waals surface area contributed by atoms with E-state index in [9.17, 15) is 14.4 Å². The van der Waals surface area contributed by atoms with Gasteiger partial charge in [-0.05, 0) is 30.7 Å². The van der Waals surface area contributed by atoms with Crippen LogP contribution < -0.4 is 16.0 Å². The molecule has 1 rings (SSSR count). The number of amides is 3. The Morgan fingerprint density at radius 1 is 1.00 bits per heavy atom. The van der Waals surface area contributed by atoms with Crippen LogP contribution in [0.5, 0.6) is 0 Å². The van der Waals surface area contributed by atoms with E-state index < -0.39 is 0 Å². The van der Waals surface area contributed by atoms with Crippen molar-refractivity contribution in [2.45, 2.75) is 19.8 Å². The fourth-order valence-electron chi connectivity index (χ4n) is 1.70. The minimum Gasteiger partial charge on any atom is -0.375 e. The molecule has 0 saturated heterocycles. The van der Waals surface area contributed by atoms with Crippen molar-refractivity contribution in [3.05, 3.63) is 24.3 Å². The normalized spacial score (nSPS) is 9.91. The summed E-state index contributed by atoms with van der Waals surface area (Å²) in [6.07, 6.45) is 0.906. The van der Waals surface area contributed by atoms with Gasteiger partial charge in [-0.2, -0.15) is 0 Å². The Morgan fingerprint density at radius 3 is 2.05 bits per heavy atom. The molecule has 1 aromatic rings. The van der Waals surface area contributed by atoms with Crippen molar-refractivity contribution in [3.63, 3.8) is 0 Å². The summed E-state index contributed by atoms with van der Waals surface area (Å²) >= 11 is 0. The summed E-state index contributed by atoms with van der Waals surface area (Å²) in [4.78, 5) is 33.7. The molecule has 3 N–H and O–H groups in total. The first-order chi connectivity index (χ1) is 10.5. The zero-order chi connectivity index (χ0) is 16.4. The Balaban J connectivity index is 2.35. The monoisotopic (exact) mass is 307 g/mol. The van der Waals surface area contributed by atoms with E-state index in [-0.39, 0.29) is 24.3 Å². The van der Waals surface area contributed by atoms with Gasteiger partial charge in [0.05, 0.1) is 0 Å². The highest BCUT2D eigenvalue weighted by atomic mass is 16.5. The highest BCUT2D eigenvalue weighted by Gasteiger charge is 2.04. The van der Waals surface area contributed by atoms with Crippen LogP contribution in [0.15, 0.2) is 24.3 Å². The lowest BCUT2D eigenvalue weighted by atomic mass is 10.2. The summed E-state index contributed by atoms with van der Waals surface area (Å²) in [6.45, 7) is 1.91. The maximum absolute atomic E-state index is 11.7. The Kier molecular flexibility index (Phi) is 7.63. The molecule has 0 aliphatic carbocycles. The molecule has 22 heavy (non-hydrogen) atoms. The third-order valence-electron chi connectivity index (χ3n) is 2.68. The standard InChI is InChI=1S/C15H21N3O4/c1-11(19)16-9-3-4-14(20)17-12-5-7-13(8-6-12)18-15(21)10-22-2/h5-8H,3-4,9-10H2,1-2H3,(H,16,19)(H,17,20)(H,18,21). The van der Waals surface area contributed by atoms with Crippen molar-refractivity contribution >= 4 is 29.1 Å². The molecular formula is C15H21N3O4. The number of anilines is 2. The van der Waals surface area contributed by atoms with Gasteiger partial charge in [-0.25, -0.2) is 0 Å². The maximum Gasteiger partial charge on any atom is 0.250 e. The molecule has 0 radical (unpaired) electrons. The van der Waals surface area contributed by atoms with E-state index in [0.717, 1.165) is 0 Å². The van der Waals surface area contributed by atoms with Gasteiger partial charge < -0.3 is 20.7 Å². The topological polar surface area (TPSA) is 96.5 Å². The van der Waals surface area contributed by atoms with Crippen molar-refractivity contribution in [2.24, 2.45) is 0 Å². The first-order valence-corrected chi connectivity index (χ1v) is 6.94. The Labute approximate surface area is 129 Å². The minimum atomic E-state index is -0.239. The van der Waals surface area contributed by atoms with E-state index in [1.54, 1.807) is 24.3 Å². The molecule has 0 aliphatic rings. The predicted octanol–water partition coefficient (Wildman–Crippen LogP) is 1.13. The zero-order valence-electron chi connectivity index (χ0n) is 12.8. The fraction of sp³-hybridized carbons (Fsp3) is 0.400. The number of rotatable bonds is 8. The van der Waals surface area contributed by atoms with Gasteiger partial charge in [-0.15, -0.1) is 0 Å². The van der Waals surface area contributed by atoms with Crippen LogP contribution in [0.2, 0.25) is 0 Å². The number of carbonyl (C=O) groups excluding carboxylic acids is 3. The third-order valence-corrected chi connectivity index (χ3v) is 2.68. The lowest BCUT2D eigenvalue weighted by Crippen LogP contribution is -2.22. The molecule has 0 aliphatic heterocycles. The number of benzene rings is 1. The molecule has 3 amide bonds. The van der Waals surface area contributed by atoms with Crippen LogP contribution in [0.4, 0.5) is 11.4 Å². The molecule has 7 nitrogen and oxygen atoms in total. The van der Waals surface area contributed by atoms with E-state index in [1.807, 2.05) is 0 Å². The first kappa shape index (κ1) is 17.6. The number of nitrogens with one attached hydrogen (secondary N) is 3. The zero-order valence-corrected chi connectivity index (χ0v) is 12.8. The molecule has 120 valence electrons. The second-order valence-corrected chi connectivity index (χ2v) is 4.69. The third kappa shape index (κ3) is 7.39. The fourth-order valence-corrected chi connectivity index (χ4v) is 1.70. The van der Waals surface area contributed by atoms with E-state index in [0.29, 0.717) is 30.8 Å². The predicted molar refractivity (Wildman–Crippen MR) is 83.5 cm³/mol. The van der Waals surface area contributed by atoms with Gasteiger partial charge in [0, 0.05) is 38.4 Å². The molecule has 0 spiro atoms. The number of hydrogen-bond donors (Lipinski definition) is 3. The first-order valence-electron chi connectivity index (χ1n) is 6.94. The highest BCUT2D eigenvalue weighted by molar-refractivity contribution is 5.93. The average Bonchev–Trinajstić information content (AvgIpc) is 2.46. The molecule has 0 atom stereocenters. The van der Waals surface area contributed by atoms with Crippen LogP contribution in [0.1, 0.15) is 19.8 Å². The van der Waals surface area contributed by atoms with Crippen LogP contribution in [0, 0.1) is 0 Å². The van der Waals surface area contributed by atoms with Crippen LogP contribution in [-0.2, 0) is 19.1 Å². The van der Waals surface area contributed by atoms with Crippen molar-refractivity contribution in [1.82, 2.24) is 5.32 Å². The second-order valence-electron chi connectivity index (χ2n) is 4.69. The largest absolute Gasteiger partial charge is 0.375 e. The minimum absolute atomic E-state index is 0.00716. The van der Waals surface area contributed by atoms with E-state index in [4.69, 9.17) is 4.74 Å². The lowest BCUT2D eigenvalue weighted by molar-refractivity contribution is -0.120. The summed E-state index contributed by atoms with van der Waals surface area (Å²) in [5.74, 6) is -0.467. The summed E-state index contributed by atoms with van der Waals surface area (Å²) in [5.41, 5.74) is 1.28. The van der Waals surface area contributed by atoms with Gasteiger partial charge >= 0.3 is 0 Å². The Morgan fingerprint density at radius 2 is 1.55 bits per heavy atom. The smallest absolute Gasteiger partial charge is 0.250 e. The second kappa shape index (κ2) is 9.51. The van der Waals surface area contributed by atoms with Crippen molar-refractivity contribution in [1.29, 1.82) is 0 Å². The summed E-state index contributed by atoms with van der Waals surface area (Å²) in [7, 11) is 1.45. The van der Waals surface area contributed by atoms with Crippen LogP contribution in [-0.4, -0.2) is 38.0 Å². The average molecular weight is 307 g/mol. The van der Waals surface area contributed by atoms with Crippen molar-refractivity contribution in [3.8, 4) is 0 Å². The summed E-state index contributed by atoms with van der Waals surface area (Å²) < 4.78 is 4.72. The molecular weight excluding hydrogens is 286 g/mol. The van der Waals surface area contributed by atoms with Gasteiger partial charge in [0.25, 0.3) is 0 Å². The molecule has 0 fully saturated rings. The van der Waals surface area contributed by atoms with Gasteiger partial charge in [-0.3, -0.25) is 14.4 Å². The Hall–Kier alpha value is -2.41. The molecule has 1 aromatic carbocycles. The molecule has 0 bridgehead atoms. The van der Waals surface area contributed by atoms with E-state index in [1.165, 1.54) is 14.0 Å². The summed E-state index contributed by atoms with van der Waals surface area (Å²) in [5, 5.41) is 8.04. The molecule has 0 saturated carbocycles. The molecule has 0 heterocycles. The van der Waals surface area contributed by atoms with E-state index >= 15 is 0 Å². The van der Waals surface area contributed by atoms with Gasteiger partial charge in [-0.1, -0.05) is 0 Å². The lowest BCUT2D eigenvalue weighted by Gasteiger charge is -2.08. The van der Waals surface area contributed by atoms with Crippen LogP contribution in [0.25, 0.3) is 0 Å². The quantitative estimate of drug-likeness (QED) is 0.627. The van der Waals surface area contributed by atoms with Crippen LogP contribution >= 0.6 is 0 Å². The molecule has 7 heteroatoms. The van der Waals surface area contributed by atoms with Crippen molar-refractivity contribution < 1.29 is 19.1 Å². The molecule has 0 aromatic heterocycles. The molecule has 0 unspecified atom stereocenters. The Bertz CT molecular complexity index is 514. The SMILES string of the molecule is COCC(=O)Nc1ccc(NC(=O)CCCNC(C)=O)cc1. The number of ether oxygens (including phenoxy) is 1. The highest BCUT2D eigenvalue weighted by Crippen LogP contribution is 2.13.